The molecule has 0 aromatic heterocycles. The molecule has 1 aliphatic rings. The number of halogens is 2. The fourth-order valence-corrected chi connectivity index (χ4v) is 6.91. The van der Waals surface area contributed by atoms with Gasteiger partial charge in [0.05, 0.1) is 0 Å². The van der Waals surface area contributed by atoms with Crippen molar-refractivity contribution in [3.8, 4) is 0 Å². The van der Waals surface area contributed by atoms with Crippen molar-refractivity contribution in [3.63, 3.8) is 0 Å². The number of rotatable bonds is 11. The molecule has 1 aliphatic heterocycles. The number of hydrogen-bond acceptors (Lipinski definition) is 0. The lowest BCUT2D eigenvalue weighted by Gasteiger charge is -2.09. The molecule has 0 N–H and O–H groups in total. The Kier molecular flexibility index (Phi) is 10.8. The maximum atomic E-state index is 3.76. The van der Waals surface area contributed by atoms with Crippen molar-refractivity contribution >= 4 is 40.1 Å². The van der Waals surface area contributed by atoms with Crippen molar-refractivity contribution in [3.05, 3.63) is 20.9 Å². The highest BCUT2D eigenvalue weighted by Crippen LogP contribution is 2.52. The molecule has 0 amide bonds. The minimum atomic E-state index is -0.139. The van der Waals surface area contributed by atoms with E-state index in [1.54, 1.807) is 4.91 Å². The molecule has 1 atom stereocenters. The van der Waals surface area contributed by atoms with Crippen molar-refractivity contribution in [2.75, 3.05) is 0 Å². The summed E-state index contributed by atoms with van der Waals surface area (Å²) < 4.78 is 1.26. The minimum Gasteiger partial charge on any atom is -0.150 e. The Hall–Kier alpha value is 0.790. The van der Waals surface area contributed by atoms with Gasteiger partial charge < -0.3 is 0 Å². The lowest BCUT2D eigenvalue weighted by Crippen LogP contribution is -1.83. The van der Waals surface area contributed by atoms with E-state index in [0.717, 1.165) is 0 Å². The maximum Gasteiger partial charge on any atom is 0.0239 e. The molecule has 0 radical (unpaired) electrons. The van der Waals surface area contributed by atoms with Gasteiger partial charge in [-0.15, -0.1) is 0 Å². The molecule has 1 heterocycles. The number of allylic oxidation sites excluding steroid dienone is 3. The molecular formula is C16H28Br2S. The predicted octanol–water partition coefficient (Wildman–Crippen LogP) is 7.74. The molecule has 0 saturated heterocycles. The highest BCUT2D eigenvalue weighted by molar-refractivity contribution is 9.55. The third kappa shape index (κ3) is 8.62. The maximum absolute atomic E-state index is 3.76. The van der Waals surface area contributed by atoms with Crippen LogP contribution in [0, 0.1) is 0 Å². The third-order valence-corrected chi connectivity index (χ3v) is 7.80. The average molecular weight is 412 g/mol. The zero-order chi connectivity index (χ0) is 13.9. The van der Waals surface area contributed by atoms with Crippen LogP contribution in [0.2, 0.25) is 0 Å². The molecule has 0 saturated carbocycles. The van der Waals surface area contributed by atoms with Crippen molar-refractivity contribution < 1.29 is 0 Å². The number of thiol groups is 1. The highest BCUT2D eigenvalue weighted by atomic mass is 79.9. The molecule has 3 heteroatoms. The van der Waals surface area contributed by atoms with Gasteiger partial charge in [0.15, 0.2) is 0 Å². The van der Waals surface area contributed by atoms with Crippen LogP contribution >= 0.6 is 40.1 Å². The zero-order valence-electron chi connectivity index (χ0n) is 12.1. The summed E-state index contributed by atoms with van der Waals surface area (Å²) in [5.74, 6) is 0. The summed E-state index contributed by atoms with van der Waals surface area (Å²) in [6.45, 7) is 2.28. The first-order valence-corrected chi connectivity index (χ1v) is 12.0. The van der Waals surface area contributed by atoms with Crippen LogP contribution in [0.4, 0.5) is 0 Å². The zero-order valence-corrected chi connectivity index (χ0v) is 16.2. The molecule has 0 spiro atoms. The first kappa shape index (κ1) is 17.8. The summed E-state index contributed by atoms with van der Waals surface area (Å²) in [7, 11) is -0.139. The van der Waals surface area contributed by atoms with Gasteiger partial charge in [-0.3, -0.25) is 0 Å². The number of hydrogen-bond donors (Lipinski definition) is 1. The second-order valence-electron chi connectivity index (χ2n) is 5.39. The first-order chi connectivity index (χ1) is 9.24. The quantitative estimate of drug-likeness (QED) is 0.260. The van der Waals surface area contributed by atoms with Crippen LogP contribution < -0.4 is 0 Å². The monoisotopic (exact) mass is 410 g/mol. The fourth-order valence-electron chi connectivity index (χ4n) is 2.42. The Morgan fingerprint density at radius 3 is 1.89 bits per heavy atom. The topological polar surface area (TPSA) is 0 Å². The van der Waals surface area contributed by atoms with E-state index in [0.29, 0.717) is 0 Å². The van der Waals surface area contributed by atoms with E-state index in [1.165, 1.54) is 75.1 Å². The van der Waals surface area contributed by atoms with Crippen LogP contribution in [-0.2, 0) is 0 Å². The molecule has 0 aromatic carbocycles. The van der Waals surface area contributed by atoms with Gasteiger partial charge in [0.1, 0.15) is 0 Å². The van der Waals surface area contributed by atoms with Gasteiger partial charge in [0.2, 0.25) is 0 Å². The summed E-state index contributed by atoms with van der Waals surface area (Å²) in [5.41, 5.74) is 0. The molecule has 1 rings (SSSR count). The predicted molar refractivity (Wildman–Crippen MR) is 99.5 cm³/mol. The lowest BCUT2D eigenvalue weighted by atomic mass is 10.1. The fraction of sp³-hybridized carbons (Fsp3) is 0.750. The normalized spacial score (nSPS) is 20.5. The molecule has 0 nitrogen and oxygen atoms in total. The Bertz CT molecular complexity index is 297. The van der Waals surface area contributed by atoms with Crippen LogP contribution in [0.15, 0.2) is 20.9 Å². The largest absolute Gasteiger partial charge is 0.150 e. The molecular weight excluding hydrogens is 384 g/mol. The SMILES string of the molecule is CCCCCCCCCCCCC1=CC(Br)=C[SH]1Br. The second-order valence-corrected chi connectivity index (χ2v) is 10.1. The summed E-state index contributed by atoms with van der Waals surface area (Å²) in [6.07, 6.45) is 17.8. The molecule has 0 aromatic rings. The van der Waals surface area contributed by atoms with Gasteiger partial charge in [0, 0.05) is 4.48 Å². The van der Waals surface area contributed by atoms with Gasteiger partial charge >= 0.3 is 0 Å². The summed E-state index contributed by atoms with van der Waals surface area (Å²) in [4.78, 5) is 1.60. The van der Waals surface area contributed by atoms with Crippen molar-refractivity contribution in [2.45, 2.75) is 77.6 Å². The van der Waals surface area contributed by atoms with Crippen LogP contribution in [0.1, 0.15) is 77.6 Å². The summed E-state index contributed by atoms with van der Waals surface area (Å²) >= 11 is 7.32. The Labute approximate surface area is 138 Å². The second kappa shape index (κ2) is 11.4. The van der Waals surface area contributed by atoms with Crippen LogP contribution in [0.3, 0.4) is 0 Å². The van der Waals surface area contributed by atoms with Crippen molar-refractivity contribution in [2.24, 2.45) is 0 Å². The van der Waals surface area contributed by atoms with E-state index in [9.17, 15) is 0 Å². The van der Waals surface area contributed by atoms with Crippen LogP contribution in [-0.4, -0.2) is 0 Å². The van der Waals surface area contributed by atoms with E-state index < -0.39 is 0 Å². The minimum absolute atomic E-state index is 0.139. The first-order valence-electron chi connectivity index (χ1n) is 7.77. The molecule has 0 bridgehead atoms. The van der Waals surface area contributed by atoms with Gasteiger partial charge in [-0.2, -0.15) is 9.33 Å². The molecule has 19 heavy (non-hydrogen) atoms. The van der Waals surface area contributed by atoms with Crippen molar-refractivity contribution in [1.29, 1.82) is 0 Å². The van der Waals surface area contributed by atoms with Crippen molar-refractivity contribution in [1.82, 2.24) is 0 Å². The Morgan fingerprint density at radius 2 is 1.42 bits per heavy atom. The molecule has 0 aliphatic carbocycles. The van der Waals surface area contributed by atoms with Crippen LogP contribution in [0.5, 0.6) is 0 Å². The Morgan fingerprint density at radius 1 is 0.895 bits per heavy atom. The van der Waals surface area contributed by atoms with E-state index in [4.69, 9.17) is 0 Å². The van der Waals surface area contributed by atoms with E-state index in [-0.39, 0.29) is 9.33 Å². The summed E-state index contributed by atoms with van der Waals surface area (Å²) in [6, 6.07) is 0. The van der Waals surface area contributed by atoms with Gasteiger partial charge in [0.25, 0.3) is 0 Å². The van der Waals surface area contributed by atoms with Gasteiger partial charge in [-0.25, -0.2) is 0 Å². The third-order valence-electron chi connectivity index (χ3n) is 3.60. The average Bonchev–Trinajstić information content (AvgIpc) is 2.70. The van der Waals surface area contributed by atoms with Gasteiger partial charge in [-0.05, 0) is 44.0 Å². The van der Waals surface area contributed by atoms with Gasteiger partial charge in [-0.1, -0.05) is 80.6 Å². The lowest BCUT2D eigenvalue weighted by molar-refractivity contribution is 0.557. The standard InChI is InChI=1S/C16H28Br2S/c1-2-3-4-5-6-7-8-9-10-11-12-16-13-15(17)14-19(16)18/h13-14,19H,2-12H2,1H3. The molecule has 112 valence electrons. The van der Waals surface area contributed by atoms with E-state index in [2.05, 4.69) is 49.2 Å². The molecule has 1 unspecified atom stereocenters. The highest BCUT2D eigenvalue weighted by Gasteiger charge is 2.10. The smallest absolute Gasteiger partial charge is 0.0239 e. The number of unbranched alkanes of at least 4 members (excludes halogenated alkanes) is 9. The van der Waals surface area contributed by atoms with E-state index >= 15 is 0 Å². The van der Waals surface area contributed by atoms with Crippen LogP contribution in [0.25, 0.3) is 0 Å². The summed E-state index contributed by atoms with van der Waals surface area (Å²) in [5, 5.41) is 2.29. The van der Waals surface area contributed by atoms with E-state index in [1.807, 2.05) is 0 Å². The Balaban J connectivity index is 1.86. The molecule has 0 fully saturated rings.